The van der Waals surface area contributed by atoms with Crippen molar-refractivity contribution in [2.75, 3.05) is 27.2 Å². The highest BCUT2D eigenvalue weighted by atomic mass is 35.5. The highest BCUT2D eigenvalue weighted by Crippen LogP contribution is 2.35. The SMILES string of the molecule is COc1ncc(C(=O)NC[C@@H]2CCN(C)[C@H]2c2cccnc2)cc1Cl. The molecule has 0 aliphatic carbocycles. The van der Waals surface area contributed by atoms with E-state index in [1.54, 1.807) is 12.3 Å². The summed E-state index contributed by atoms with van der Waals surface area (Å²) >= 11 is 6.04. The van der Waals surface area contributed by atoms with E-state index in [2.05, 4.69) is 33.3 Å². The minimum atomic E-state index is -0.184. The van der Waals surface area contributed by atoms with Crippen molar-refractivity contribution in [3.63, 3.8) is 0 Å². The molecule has 1 N–H and O–H groups in total. The number of carbonyl (C=O) groups excluding carboxylic acids is 1. The first kappa shape index (κ1) is 17.6. The number of pyridine rings is 2. The lowest BCUT2D eigenvalue weighted by Crippen LogP contribution is -2.32. The van der Waals surface area contributed by atoms with Crippen molar-refractivity contribution in [3.05, 3.63) is 52.9 Å². The quantitative estimate of drug-likeness (QED) is 0.887. The van der Waals surface area contributed by atoms with Gasteiger partial charge in [0, 0.05) is 31.2 Å². The number of nitrogens with one attached hydrogen (secondary N) is 1. The monoisotopic (exact) mass is 360 g/mol. The average Bonchev–Trinajstić information content (AvgIpc) is 3.01. The molecule has 2 atom stereocenters. The van der Waals surface area contributed by atoms with Crippen LogP contribution in [-0.2, 0) is 0 Å². The first-order valence-electron chi connectivity index (χ1n) is 8.18. The molecule has 0 bridgehead atoms. The summed E-state index contributed by atoms with van der Waals surface area (Å²) < 4.78 is 5.01. The number of methoxy groups -OCH3 is 1. The van der Waals surface area contributed by atoms with Crippen LogP contribution in [-0.4, -0.2) is 48.0 Å². The van der Waals surface area contributed by atoms with E-state index in [4.69, 9.17) is 16.3 Å². The van der Waals surface area contributed by atoms with Gasteiger partial charge < -0.3 is 10.1 Å². The van der Waals surface area contributed by atoms with E-state index in [1.807, 2.05) is 12.3 Å². The van der Waals surface area contributed by atoms with Gasteiger partial charge in [0.25, 0.3) is 5.91 Å². The van der Waals surface area contributed by atoms with E-state index in [0.29, 0.717) is 28.9 Å². The Morgan fingerprint density at radius 1 is 1.48 bits per heavy atom. The van der Waals surface area contributed by atoms with E-state index >= 15 is 0 Å². The number of carbonyl (C=O) groups is 1. The Morgan fingerprint density at radius 2 is 2.32 bits per heavy atom. The lowest BCUT2D eigenvalue weighted by Gasteiger charge is -2.25. The molecule has 1 aliphatic heterocycles. The van der Waals surface area contributed by atoms with Gasteiger partial charge in [0.2, 0.25) is 5.88 Å². The molecule has 3 heterocycles. The van der Waals surface area contributed by atoms with Crippen molar-refractivity contribution < 1.29 is 9.53 Å². The molecule has 132 valence electrons. The summed E-state index contributed by atoms with van der Waals surface area (Å²) in [5.74, 6) is 0.462. The maximum atomic E-state index is 12.4. The molecule has 0 spiro atoms. The summed E-state index contributed by atoms with van der Waals surface area (Å²) in [4.78, 5) is 23.0. The largest absolute Gasteiger partial charge is 0.480 e. The lowest BCUT2D eigenvalue weighted by atomic mass is 9.94. The van der Waals surface area contributed by atoms with Crippen LogP contribution in [0.15, 0.2) is 36.8 Å². The van der Waals surface area contributed by atoms with E-state index in [1.165, 1.54) is 18.9 Å². The molecule has 2 aromatic heterocycles. The predicted molar refractivity (Wildman–Crippen MR) is 95.8 cm³/mol. The third-order valence-corrected chi connectivity index (χ3v) is 4.86. The summed E-state index contributed by atoms with van der Waals surface area (Å²) in [6, 6.07) is 5.86. The molecule has 7 heteroatoms. The number of rotatable bonds is 5. The maximum Gasteiger partial charge on any atom is 0.252 e. The highest BCUT2D eigenvalue weighted by molar-refractivity contribution is 6.32. The van der Waals surface area contributed by atoms with Gasteiger partial charge in [-0.25, -0.2) is 4.98 Å². The first-order valence-corrected chi connectivity index (χ1v) is 8.56. The summed E-state index contributed by atoms with van der Waals surface area (Å²) in [7, 11) is 3.59. The Kier molecular flexibility index (Phi) is 5.50. The van der Waals surface area contributed by atoms with Crippen molar-refractivity contribution in [1.82, 2.24) is 20.2 Å². The number of likely N-dealkylation sites (tertiary alicyclic amines) is 1. The fraction of sp³-hybridized carbons (Fsp3) is 0.389. The Bertz CT molecular complexity index is 741. The van der Waals surface area contributed by atoms with Crippen molar-refractivity contribution in [2.24, 2.45) is 5.92 Å². The van der Waals surface area contributed by atoms with Gasteiger partial charge >= 0.3 is 0 Å². The molecule has 1 aliphatic rings. The van der Waals surface area contributed by atoms with E-state index in [-0.39, 0.29) is 11.9 Å². The third kappa shape index (κ3) is 3.91. The van der Waals surface area contributed by atoms with Gasteiger partial charge in [0.1, 0.15) is 5.02 Å². The molecule has 1 saturated heterocycles. The van der Waals surface area contributed by atoms with Crippen molar-refractivity contribution in [3.8, 4) is 5.88 Å². The van der Waals surface area contributed by atoms with Gasteiger partial charge in [-0.1, -0.05) is 17.7 Å². The Labute approximate surface area is 152 Å². The summed E-state index contributed by atoms with van der Waals surface area (Å²) in [5, 5.41) is 3.32. The summed E-state index contributed by atoms with van der Waals surface area (Å²) in [6.45, 7) is 1.59. The summed E-state index contributed by atoms with van der Waals surface area (Å²) in [6.07, 6.45) is 6.17. The van der Waals surface area contributed by atoms with Crippen molar-refractivity contribution >= 4 is 17.5 Å². The molecule has 0 aromatic carbocycles. The van der Waals surface area contributed by atoms with Crippen LogP contribution in [0.1, 0.15) is 28.4 Å². The first-order chi connectivity index (χ1) is 12.1. The number of hydrogen-bond donors (Lipinski definition) is 1. The molecule has 0 saturated carbocycles. The fourth-order valence-corrected chi connectivity index (χ4v) is 3.59. The second kappa shape index (κ2) is 7.80. The maximum absolute atomic E-state index is 12.4. The van der Waals surface area contributed by atoms with Crippen molar-refractivity contribution in [1.29, 1.82) is 0 Å². The number of aromatic nitrogens is 2. The predicted octanol–water partition coefficient (Wildman–Crippen LogP) is 2.56. The Morgan fingerprint density at radius 3 is 3.00 bits per heavy atom. The van der Waals surface area contributed by atoms with Gasteiger partial charge in [-0.05, 0) is 43.6 Å². The number of amides is 1. The second-order valence-corrected chi connectivity index (χ2v) is 6.59. The topological polar surface area (TPSA) is 67.3 Å². The van der Waals surface area contributed by atoms with E-state index in [9.17, 15) is 4.79 Å². The molecule has 0 radical (unpaired) electrons. The van der Waals surface area contributed by atoms with Crippen molar-refractivity contribution in [2.45, 2.75) is 12.5 Å². The molecule has 2 aromatic rings. The Balaban J connectivity index is 1.66. The van der Waals surface area contributed by atoms with E-state index in [0.717, 1.165) is 13.0 Å². The fourth-order valence-electron chi connectivity index (χ4n) is 3.34. The van der Waals surface area contributed by atoms with Crippen LogP contribution in [0, 0.1) is 5.92 Å². The van der Waals surface area contributed by atoms with Crippen LogP contribution in [0.5, 0.6) is 5.88 Å². The third-order valence-electron chi connectivity index (χ3n) is 4.59. The lowest BCUT2D eigenvalue weighted by molar-refractivity contribution is 0.0943. The molecule has 1 fully saturated rings. The van der Waals surface area contributed by atoms with Gasteiger partial charge in [-0.15, -0.1) is 0 Å². The van der Waals surface area contributed by atoms with Crippen LogP contribution < -0.4 is 10.1 Å². The minimum Gasteiger partial charge on any atom is -0.480 e. The molecule has 25 heavy (non-hydrogen) atoms. The second-order valence-electron chi connectivity index (χ2n) is 6.19. The van der Waals surface area contributed by atoms with Crippen LogP contribution in [0.2, 0.25) is 5.02 Å². The molecule has 0 unspecified atom stereocenters. The van der Waals surface area contributed by atoms with Gasteiger partial charge in [-0.2, -0.15) is 0 Å². The zero-order valence-corrected chi connectivity index (χ0v) is 15.0. The van der Waals surface area contributed by atoms with Gasteiger partial charge in [0.05, 0.1) is 12.7 Å². The minimum absolute atomic E-state index is 0.184. The molecular formula is C18H21ClN4O2. The van der Waals surface area contributed by atoms with Gasteiger partial charge in [-0.3, -0.25) is 14.7 Å². The van der Waals surface area contributed by atoms with Crippen LogP contribution in [0.4, 0.5) is 0 Å². The zero-order chi connectivity index (χ0) is 17.8. The van der Waals surface area contributed by atoms with Crippen LogP contribution >= 0.6 is 11.6 Å². The average molecular weight is 361 g/mol. The summed E-state index contributed by atoms with van der Waals surface area (Å²) in [5.41, 5.74) is 1.60. The molecule has 3 rings (SSSR count). The molecule has 6 nitrogen and oxygen atoms in total. The number of nitrogens with zero attached hydrogens (tertiary/aromatic N) is 3. The molecule has 1 amide bonds. The highest BCUT2D eigenvalue weighted by Gasteiger charge is 2.33. The Hall–Kier alpha value is -2.18. The zero-order valence-electron chi connectivity index (χ0n) is 14.3. The van der Waals surface area contributed by atoms with Gasteiger partial charge in [0.15, 0.2) is 0 Å². The standard InChI is InChI=1S/C18H21ClN4O2/c1-23-7-5-13(16(23)12-4-3-6-20-9-12)10-21-17(24)14-8-15(19)18(25-2)22-11-14/h3-4,6,8-9,11,13,16H,5,7,10H2,1-2H3,(H,21,24)/t13-,16-/m0/s1. The number of hydrogen-bond acceptors (Lipinski definition) is 5. The number of halogens is 1. The molecular weight excluding hydrogens is 340 g/mol. The smallest absolute Gasteiger partial charge is 0.252 e. The normalized spacial score (nSPS) is 20.4. The van der Waals surface area contributed by atoms with E-state index < -0.39 is 0 Å². The van der Waals surface area contributed by atoms with Crippen LogP contribution in [0.25, 0.3) is 0 Å². The van der Waals surface area contributed by atoms with Crippen LogP contribution in [0.3, 0.4) is 0 Å². The number of ether oxygens (including phenoxy) is 1.